The lowest BCUT2D eigenvalue weighted by atomic mass is 10.2. The predicted octanol–water partition coefficient (Wildman–Crippen LogP) is 3.74. The number of hydrogen-bond acceptors (Lipinski definition) is 3. The molecule has 0 aliphatic heterocycles. The van der Waals surface area contributed by atoms with E-state index in [1.54, 1.807) is 12.3 Å². The number of amides is 1. The molecule has 0 fully saturated rings. The van der Waals surface area contributed by atoms with Gasteiger partial charge >= 0.3 is 0 Å². The van der Waals surface area contributed by atoms with Gasteiger partial charge in [-0.15, -0.1) is 0 Å². The van der Waals surface area contributed by atoms with Crippen molar-refractivity contribution in [1.82, 2.24) is 5.43 Å². The molecule has 21 heavy (non-hydrogen) atoms. The summed E-state index contributed by atoms with van der Waals surface area (Å²) in [6, 6.07) is 14.9. The lowest BCUT2D eigenvalue weighted by Crippen LogP contribution is -2.24. The molecule has 2 aromatic rings. The van der Waals surface area contributed by atoms with Gasteiger partial charge in [-0.25, -0.2) is 5.43 Å². The highest BCUT2D eigenvalue weighted by atomic mass is 79.9. The first-order valence-corrected chi connectivity index (χ1v) is 7.68. The summed E-state index contributed by atoms with van der Waals surface area (Å²) in [5.41, 5.74) is 3.30. The molecule has 0 aromatic heterocycles. The fourth-order valence-electron chi connectivity index (χ4n) is 1.50. The molecule has 4 nitrogen and oxygen atoms in total. The highest BCUT2D eigenvalue weighted by Crippen LogP contribution is 2.23. The minimum absolute atomic E-state index is 0.0988. The van der Waals surface area contributed by atoms with Crippen molar-refractivity contribution in [3.8, 4) is 5.75 Å². The Hall–Kier alpha value is -1.66. The fourth-order valence-corrected chi connectivity index (χ4v) is 2.32. The Morgan fingerprint density at radius 2 is 2.00 bits per heavy atom. The Morgan fingerprint density at radius 1 is 1.19 bits per heavy atom. The second-order valence-corrected chi connectivity index (χ2v) is 5.84. The maximum atomic E-state index is 11.6. The van der Waals surface area contributed by atoms with Gasteiger partial charge in [0.15, 0.2) is 6.61 Å². The summed E-state index contributed by atoms with van der Waals surface area (Å²) in [6.45, 7) is -0.0988. The summed E-state index contributed by atoms with van der Waals surface area (Å²) >= 11 is 6.71. The van der Waals surface area contributed by atoms with E-state index < -0.39 is 0 Å². The number of nitrogens with one attached hydrogen (secondary N) is 1. The van der Waals surface area contributed by atoms with Crippen LogP contribution in [0.1, 0.15) is 5.56 Å². The van der Waals surface area contributed by atoms with Crippen LogP contribution in [0.3, 0.4) is 0 Å². The molecule has 0 unspecified atom stereocenters. The molecule has 0 radical (unpaired) electrons. The van der Waals surface area contributed by atoms with Gasteiger partial charge < -0.3 is 4.74 Å². The Kier molecular flexibility index (Phi) is 5.95. The number of para-hydroxylation sites is 1. The average molecular weight is 412 g/mol. The minimum atomic E-state index is -0.322. The van der Waals surface area contributed by atoms with Crippen LogP contribution in [0.15, 0.2) is 62.6 Å². The van der Waals surface area contributed by atoms with E-state index in [1.807, 2.05) is 42.5 Å². The number of nitrogens with zero attached hydrogens (tertiary/aromatic N) is 1. The van der Waals surface area contributed by atoms with Crippen LogP contribution in [0, 0.1) is 0 Å². The van der Waals surface area contributed by atoms with E-state index in [4.69, 9.17) is 4.74 Å². The van der Waals surface area contributed by atoms with E-state index in [9.17, 15) is 4.79 Å². The van der Waals surface area contributed by atoms with Crippen molar-refractivity contribution < 1.29 is 9.53 Å². The number of benzene rings is 2. The fraction of sp³-hybridized carbons (Fsp3) is 0.0667. The molecule has 6 heteroatoms. The predicted molar refractivity (Wildman–Crippen MR) is 89.5 cm³/mol. The van der Waals surface area contributed by atoms with E-state index in [1.165, 1.54) is 0 Å². The first-order valence-electron chi connectivity index (χ1n) is 6.10. The van der Waals surface area contributed by atoms with E-state index >= 15 is 0 Å². The quantitative estimate of drug-likeness (QED) is 0.601. The summed E-state index contributed by atoms with van der Waals surface area (Å²) in [5.74, 6) is 0.292. The maximum Gasteiger partial charge on any atom is 0.277 e. The second-order valence-electron chi connectivity index (χ2n) is 4.07. The Morgan fingerprint density at radius 3 is 2.76 bits per heavy atom. The van der Waals surface area contributed by atoms with Gasteiger partial charge in [-0.2, -0.15) is 5.10 Å². The smallest absolute Gasteiger partial charge is 0.277 e. The summed E-state index contributed by atoms with van der Waals surface area (Å²) < 4.78 is 7.14. The zero-order valence-electron chi connectivity index (χ0n) is 10.9. The summed E-state index contributed by atoms with van der Waals surface area (Å²) in [6.07, 6.45) is 1.57. The van der Waals surface area contributed by atoms with Gasteiger partial charge in [0.05, 0.1) is 10.7 Å². The molecule has 1 amide bonds. The number of carbonyl (C=O) groups excluding carboxylic acids is 1. The van der Waals surface area contributed by atoms with Crippen molar-refractivity contribution in [3.63, 3.8) is 0 Å². The largest absolute Gasteiger partial charge is 0.483 e. The topological polar surface area (TPSA) is 50.7 Å². The summed E-state index contributed by atoms with van der Waals surface area (Å²) in [5, 5.41) is 3.88. The van der Waals surface area contributed by atoms with Gasteiger partial charge in [-0.05, 0) is 45.8 Å². The van der Waals surface area contributed by atoms with Crippen molar-refractivity contribution in [2.24, 2.45) is 5.10 Å². The molecule has 0 saturated carbocycles. The van der Waals surface area contributed by atoms with Gasteiger partial charge in [0.25, 0.3) is 5.91 Å². The number of hydrazone groups is 1. The molecule has 2 aromatic carbocycles. The molecule has 0 heterocycles. The first kappa shape index (κ1) is 15.7. The lowest BCUT2D eigenvalue weighted by molar-refractivity contribution is -0.123. The number of hydrogen-bond donors (Lipinski definition) is 1. The molecule has 0 aliphatic carbocycles. The highest BCUT2D eigenvalue weighted by molar-refractivity contribution is 9.10. The number of halogens is 2. The summed E-state index contributed by atoms with van der Waals surface area (Å²) in [4.78, 5) is 11.6. The van der Waals surface area contributed by atoms with Gasteiger partial charge in [0.1, 0.15) is 5.75 Å². The Bertz CT molecular complexity index is 660. The van der Waals surface area contributed by atoms with Gasteiger partial charge in [-0.3, -0.25) is 4.79 Å². The minimum Gasteiger partial charge on any atom is -0.483 e. The van der Waals surface area contributed by atoms with E-state index in [2.05, 4.69) is 42.4 Å². The van der Waals surface area contributed by atoms with Crippen molar-refractivity contribution in [1.29, 1.82) is 0 Å². The zero-order chi connectivity index (χ0) is 15.1. The zero-order valence-corrected chi connectivity index (χ0v) is 14.1. The van der Waals surface area contributed by atoms with E-state index in [0.717, 1.165) is 14.5 Å². The van der Waals surface area contributed by atoms with Gasteiger partial charge in [0, 0.05) is 4.47 Å². The van der Waals surface area contributed by atoms with Crippen molar-refractivity contribution >= 4 is 44.0 Å². The number of carbonyl (C=O) groups is 1. The standard InChI is InChI=1S/C15H12Br2N2O2/c16-12-5-3-4-11(8-12)9-18-19-15(20)10-21-14-7-2-1-6-13(14)17/h1-9H,10H2,(H,19,20)/b18-9-. The monoisotopic (exact) mass is 410 g/mol. The normalized spacial score (nSPS) is 10.6. The van der Waals surface area contributed by atoms with E-state index in [0.29, 0.717) is 5.75 Å². The van der Waals surface area contributed by atoms with Crippen LogP contribution in [-0.4, -0.2) is 18.7 Å². The van der Waals surface area contributed by atoms with Gasteiger partial charge in [-0.1, -0.05) is 40.2 Å². The second kappa shape index (κ2) is 7.95. The van der Waals surface area contributed by atoms with Crippen molar-refractivity contribution in [2.45, 2.75) is 0 Å². The lowest BCUT2D eigenvalue weighted by Gasteiger charge is -2.06. The Balaban J connectivity index is 1.81. The molecular formula is C15H12Br2N2O2. The van der Waals surface area contributed by atoms with Crippen molar-refractivity contribution in [2.75, 3.05) is 6.61 Å². The first-order chi connectivity index (χ1) is 10.1. The third-order valence-corrected chi connectivity index (χ3v) is 3.60. The Labute approximate surface area is 139 Å². The molecule has 1 N–H and O–H groups in total. The maximum absolute atomic E-state index is 11.6. The number of ether oxygens (including phenoxy) is 1. The average Bonchev–Trinajstić information content (AvgIpc) is 2.46. The van der Waals surface area contributed by atoms with E-state index in [-0.39, 0.29) is 12.5 Å². The van der Waals surface area contributed by atoms with Gasteiger partial charge in [0.2, 0.25) is 0 Å². The van der Waals surface area contributed by atoms with Crippen LogP contribution in [0.2, 0.25) is 0 Å². The van der Waals surface area contributed by atoms with Crippen molar-refractivity contribution in [3.05, 3.63) is 63.0 Å². The van der Waals surface area contributed by atoms with Crippen LogP contribution in [0.5, 0.6) is 5.75 Å². The molecule has 2 rings (SSSR count). The summed E-state index contributed by atoms with van der Waals surface area (Å²) in [7, 11) is 0. The molecule has 0 spiro atoms. The third-order valence-electron chi connectivity index (χ3n) is 2.45. The molecule has 0 saturated heterocycles. The molecule has 0 bridgehead atoms. The number of rotatable bonds is 5. The van der Waals surface area contributed by atoms with Crippen LogP contribution in [0.25, 0.3) is 0 Å². The SMILES string of the molecule is O=C(COc1ccccc1Br)N/N=C\c1cccc(Br)c1. The highest BCUT2D eigenvalue weighted by Gasteiger charge is 2.03. The molecule has 108 valence electrons. The van der Waals surface area contributed by atoms with Crippen LogP contribution >= 0.6 is 31.9 Å². The van der Waals surface area contributed by atoms with Crippen LogP contribution in [-0.2, 0) is 4.79 Å². The molecule has 0 aliphatic rings. The third kappa shape index (κ3) is 5.32. The van der Waals surface area contributed by atoms with Crippen LogP contribution in [0.4, 0.5) is 0 Å². The van der Waals surface area contributed by atoms with Crippen LogP contribution < -0.4 is 10.2 Å². The molecular weight excluding hydrogens is 400 g/mol. The molecule has 0 atom stereocenters.